The zero-order valence-corrected chi connectivity index (χ0v) is 27.5. The monoisotopic (exact) mass is 638 g/mol. The summed E-state index contributed by atoms with van der Waals surface area (Å²) >= 11 is 1.90. The molecule has 1 heterocycles. The van der Waals surface area contributed by atoms with E-state index in [4.69, 9.17) is 0 Å². The molecule has 1 heteroatoms. The number of hydrogen-bond donors (Lipinski definition) is 0. The Morgan fingerprint density at radius 3 is 1.61 bits per heavy atom. The Labute approximate surface area is 289 Å². The Bertz CT molecular complexity index is 2820. The molecule has 0 bridgehead atoms. The van der Waals surface area contributed by atoms with E-state index in [1.165, 1.54) is 97.0 Å². The van der Waals surface area contributed by atoms with Crippen molar-refractivity contribution in [2.45, 2.75) is 0 Å². The van der Waals surface area contributed by atoms with Crippen molar-refractivity contribution in [2.24, 2.45) is 0 Å². The van der Waals surface area contributed by atoms with Gasteiger partial charge in [0.05, 0.1) is 0 Å². The first-order chi connectivity index (χ1) is 24.3. The Kier molecular flexibility index (Phi) is 6.47. The highest BCUT2D eigenvalue weighted by atomic mass is 32.1. The first-order valence-corrected chi connectivity index (χ1v) is 17.7. The van der Waals surface area contributed by atoms with Gasteiger partial charge in [-0.1, -0.05) is 164 Å². The van der Waals surface area contributed by atoms with E-state index >= 15 is 0 Å². The fourth-order valence-electron chi connectivity index (χ4n) is 7.84. The van der Waals surface area contributed by atoms with Gasteiger partial charge in [-0.25, -0.2) is 0 Å². The average molecular weight is 639 g/mol. The smallest absolute Gasteiger partial charge is 0.0433 e. The van der Waals surface area contributed by atoms with Crippen molar-refractivity contribution in [2.75, 3.05) is 0 Å². The molecule has 0 nitrogen and oxygen atoms in total. The van der Waals surface area contributed by atoms with Crippen LogP contribution in [-0.2, 0) is 0 Å². The highest BCUT2D eigenvalue weighted by Gasteiger charge is 2.19. The van der Waals surface area contributed by atoms with Crippen molar-refractivity contribution in [3.8, 4) is 44.5 Å². The molecule has 0 radical (unpaired) electrons. The molecule has 10 aromatic rings. The molecule has 49 heavy (non-hydrogen) atoms. The number of thiophene rings is 1. The van der Waals surface area contributed by atoms with Gasteiger partial charge in [-0.05, 0) is 95.0 Å². The molecular formula is C48H30S. The van der Waals surface area contributed by atoms with Crippen LogP contribution in [0.25, 0.3) is 97.0 Å². The van der Waals surface area contributed by atoms with Crippen LogP contribution in [-0.4, -0.2) is 0 Å². The minimum absolute atomic E-state index is 1.23. The molecule has 0 fully saturated rings. The highest BCUT2D eigenvalue weighted by Crippen LogP contribution is 2.47. The summed E-state index contributed by atoms with van der Waals surface area (Å²) in [6, 6.07) is 66.9. The Hall–Kier alpha value is -6.02. The number of rotatable bonds is 4. The summed E-state index contributed by atoms with van der Waals surface area (Å²) < 4.78 is 2.69. The summed E-state index contributed by atoms with van der Waals surface area (Å²) in [6.45, 7) is 0. The van der Waals surface area contributed by atoms with Gasteiger partial charge in [-0.15, -0.1) is 11.3 Å². The van der Waals surface area contributed by atoms with Gasteiger partial charge in [0.15, 0.2) is 0 Å². The lowest BCUT2D eigenvalue weighted by atomic mass is 9.83. The topological polar surface area (TPSA) is 0 Å². The van der Waals surface area contributed by atoms with Crippen molar-refractivity contribution in [1.82, 2.24) is 0 Å². The molecule has 9 aromatic carbocycles. The molecule has 0 aliphatic rings. The third-order valence-corrected chi connectivity index (χ3v) is 11.3. The van der Waals surface area contributed by atoms with Gasteiger partial charge in [-0.3, -0.25) is 0 Å². The van der Waals surface area contributed by atoms with Crippen LogP contribution < -0.4 is 0 Å². The Morgan fingerprint density at radius 2 is 0.857 bits per heavy atom. The van der Waals surface area contributed by atoms with E-state index in [2.05, 4.69) is 182 Å². The van der Waals surface area contributed by atoms with Gasteiger partial charge >= 0.3 is 0 Å². The van der Waals surface area contributed by atoms with E-state index in [0.717, 1.165) is 0 Å². The van der Waals surface area contributed by atoms with E-state index in [0.29, 0.717) is 0 Å². The molecule has 0 spiro atoms. The van der Waals surface area contributed by atoms with Crippen molar-refractivity contribution >= 4 is 63.8 Å². The van der Waals surface area contributed by atoms with Crippen molar-refractivity contribution < 1.29 is 0 Å². The van der Waals surface area contributed by atoms with E-state index in [9.17, 15) is 0 Å². The molecule has 0 unspecified atom stereocenters. The van der Waals surface area contributed by atoms with Crippen LogP contribution in [0.3, 0.4) is 0 Å². The van der Waals surface area contributed by atoms with Crippen LogP contribution in [0, 0.1) is 0 Å². The average Bonchev–Trinajstić information content (AvgIpc) is 3.56. The fraction of sp³-hybridized carbons (Fsp3) is 0. The molecule has 0 N–H and O–H groups in total. The summed E-state index contributed by atoms with van der Waals surface area (Å²) in [5.41, 5.74) is 9.99. The second-order valence-electron chi connectivity index (χ2n) is 12.8. The van der Waals surface area contributed by atoms with E-state index in [1.54, 1.807) is 0 Å². The second-order valence-corrected chi connectivity index (χ2v) is 13.9. The van der Waals surface area contributed by atoms with E-state index in [1.807, 2.05) is 11.3 Å². The molecule has 228 valence electrons. The summed E-state index contributed by atoms with van der Waals surface area (Å²) in [5, 5.41) is 10.4. The molecular weight excluding hydrogens is 609 g/mol. The molecule has 0 saturated heterocycles. The van der Waals surface area contributed by atoms with Gasteiger partial charge in [0.1, 0.15) is 0 Å². The quantitative estimate of drug-likeness (QED) is 0.168. The second kappa shape index (κ2) is 11.3. The number of hydrogen-bond acceptors (Lipinski definition) is 1. The molecule has 0 aliphatic heterocycles. The molecule has 0 aliphatic carbocycles. The predicted molar refractivity (Wildman–Crippen MR) is 214 cm³/mol. The predicted octanol–water partition coefficient (Wildman–Crippen LogP) is 14.2. The lowest BCUT2D eigenvalue weighted by Crippen LogP contribution is -1.92. The SMILES string of the molecule is c1ccc(-c2ccccc2-c2c3ccccc3c(-c3cccc(-c4ccc5sc6c7ccccc7ccc6c5c4)c3)c3ccccc23)cc1. The normalized spacial score (nSPS) is 11.7. The molecule has 1 aromatic heterocycles. The number of fused-ring (bicyclic) bond motifs is 7. The zero-order valence-electron chi connectivity index (χ0n) is 26.7. The Balaban J connectivity index is 1.18. The van der Waals surface area contributed by atoms with Gasteiger partial charge < -0.3 is 0 Å². The minimum atomic E-state index is 1.23. The van der Waals surface area contributed by atoms with E-state index in [-0.39, 0.29) is 0 Å². The molecule has 0 saturated carbocycles. The summed E-state index contributed by atoms with van der Waals surface area (Å²) in [4.78, 5) is 0. The maximum Gasteiger partial charge on any atom is 0.0433 e. The van der Waals surface area contributed by atoms with Gasteiger partial charge in [0.2, 0.25) is 0 Å². The van der Waals surface area contributed by atoms with Crippen LogP contribution in [0.2, 0.25) is 0 Å². The van der Waals surface area contributed by atoms with Crippen LogP contribution >= 0.6 is 11.3 Å². The van der Waals surface area contributed by atoms with Crippen molar-refractivity contribution in [3.05, 3.63) is 182 Å². The summed E-state index contributed by atoms with van der Waals surface area (Å²) in [5.74, 6) is 0. The third kappa shape index (κ3) is 4.51. The molecule has 10 rings (SSSR count). The first-order valence-electron chi connectivity index (χ1n) is 16.8. The van der Waals surface area contributed by atoms with Gasteiger partial charge in [-0.2, -0.15) is 0 Å². The summed E-state index contributed by atoms with van der Waals surface area (Å²) in [7, 11) is 0. The van der Waals surface area contributed by atoms with E-state index < -0.39 is 0 Å². The largest absolute Gasteiger partial charge is 0.135 e. The van der Waals surface area contributed by atoms with Gasteiger partial charge in [0.25, 0.3) is 0 Å². The lowest BCUT2D eigenvalue weighted by Gasteiger charge is -2.20. The molecule has 0 atom stereocenters. The summed E-state index contributed by atoms with van der Waals surface area (Å²) in [6.07, 6.45) is 0. The van der Waals surface area contributed by atoms with Gasteiger partial charge in [0, 0.05) is 20.2 Å². The standard InChI is InChI=1S/C48H30S/c1-2-13-31(14-3-1)36-18-6-7-20-38(36)47-41-23-10-8-21-39(41)46(40-22-9-11-24-42(40)47)35-17-12-16-33(29-35)34-26-28-45-44(30-34)43-27-25-32-15-4-5-19-37(32)48(43)49-45/h1-30H. The highest BCUT2D eigenvalue weighted by molar-refractivity contribution is 7.26. The van der Waals surface area contributed by atoms with Crippen LogP contribution in [0.15, 0.2) is 182 Å². The lowest BCUT2D eigenvalue weighted by molar-refractivity contribution is 1.60. The van der Waals surface area contributed by atoms with Crippen LogP contribution in [0.1, 0.15) is 0 Å². The van der Waals surface area contributed by atoms with Crippen molar-refractivity contribution in [3.63, 3.8) is 0 Å². The minimum Gasteiger partial charge on any atom is -0.135 e. The third-order valence-electron chi connectivity index (χ3n) is 10.1. The maximum atomic E-state index is 2.39. The Morgan fingerprint density at radius 1 is 0.286 bits per heavy atom. The first kappa shape index (κ1) is 28.0. The molecule has 0 amide bonds. The number of benzene rings is 9. The van der Waals surface area contributed by atoms with Crippen molar-refractivity contribution in [1.29, 1.82) is 0 Å². The van der Waals surface area contributed by atoms with Crippen LogP contribution in [0.4, 0.5) is 0 Å². The fourth-order valence-corrected chi connectivity index (χ4v) is 9.06. The zero-order chi connectivity index (χ0) is 32.3. The van der Waals surface area contributed by atoms with Crippen LogP contribution in [0.5, 0.6) is 0 Å². The maximum absolute atomic E-state index is 2.39.